The van der Waals surface area contributed by atoms with E-state index in [9.17, 15) is 9.18 Å². The molecule has 30 heavy (non-hydrogen) atoms. The molecule has 0 atom stereocenters. The molecule has 3 aromatic carbocycles. The van der Waals surface area contributed by atoms with Crippen LogP contribution in [0.25, 0.3) is 22.6 Å². The van der Waals surface area contributed by atoms with Gasteiger partial charge in [-0.05, 0) is 54.6 Å². The number of benzene rings is 3. The number of halogens is 4. The van der Waals surface area contributed by atoms with E-state index in [2.05, 4.69) is 10.3 Å². The first-order chi connectivity index (χ1) is 14.4. The third kappa shape index (κ3) is 4.51. The van der Waals surface area contributed by atoms with E-state index < -0.39 is 5.82 Å². The Morgan fingerprint density at radius 1 is 1.03 bits per heavy atom. The molecule has 5 nitrogen and oxygen atoms in total. The summed E-state index contributed by atoms with van der Waals surface area (Å²) < 4.78 is 24.4. The Labute approximate surface area is 185 Å². The number of fused-ring (bicyclic) bond motifs is 1. The van der Waals surface area contributed by atoms with Gasteiger partial charge >= 0.3 is 0 Å². The van der Waals surface area contributed by atoms with E-state index in [0.29, 0.717) is 38.1 Å². The van der Waals surface area contributed by atoms with Gasteiger partial charge in [-0.3, -0.25) is 4.79 Å². The smallest absolute Gasteiger partial charge is 0.262 e. The fourth-order valence-electron chi connectivity index (χ4n) is 2.72. The summed E-state index contributed by atoms with van der Waals surface area (Å²) >= 11 is 17.9. The molecule has 1 heterocycles. The van der Waals surface area contributed by atoms with Crippen LogP contribution in [0.3, 0.4) is 0 Å². The molecule has 0 saturated carbocycles. The number of rotatable bonds is 5. The highest BCUT2D eigenvalue weighted by molar-refractivity contribution is 6.35. The summed E-state index contributed by atoms with van der Waals surface area (Å²) in [5, 5.41) is 3.68. The van der Waals surface area contributed by atoms with E-state index in [-0.39, 0.29) is 23.4 Å². The average molecular weight is 466 g/mol. The van der Waals surface area contributed by atoms with Crippen LogP contribution in [0.15, 0.2) is 59.0 Å². The number of carbonyl (C=O) groups excluding carboxylic acids is 1. The van der Waals surface area contributed by atoms with Crippen molar-refractivity contribution in [2.75, 3.05) is 11.9 Å². The largest absolute Gasteiger partial charge is 0.482 e. The van der Waals surface area contributed by atoms with Crippen LogP contribution in [0.5, 0.6) is 5.75 Å². The maximum absolute atomic E-state index is 13.3. The Kier molecular flexibility index (Phi) is 5.81. The van der Waals surface area contributed by atoms with Crippen molar-refractivity contribution in [3.8, 4) is 17.2 Å². The van der Waals surface area contributed by atoms with Crippen LogP contribution < -0.4 is 10.1 Å². The molecule has 1 amide bonds. The molecule has 0 saturated heterocycles. The predicted octanol–water partition coefficient (Wildman–Crippen LogP) is 6.61. The fourth-order valence-corrected chi connectivity index (χ4v) is 3.43. The third-order valence-corrected chi connectivity index (χ3v) is 4.93. The van der Waals surface area contributed by atoms with Gasteiger partial charge in [-0.2, -0.15) is 0 Å². The zero-order valence-electron chi connectivity index (χ0n) is 15.1. The van der Waals surface area contributed by atoms with E-state index in [4.69, 9.17) is 44.0 Å². The molecule has 0 aliphatic rings. The molecule has 0 fully saturated rings. The summed E-state index contributed by atoms with van der Waals surface area (Å²) in [6.07, 6.45) is 0. The molecule has 0 spiro atoms. The molecule has 4 rings (SSSR count). The van der Waals surface area contributed by atoms with Crippen molar-refractivity contribution in [1.29, 1.82) is 0 Å². The number of nitrogens with one attached hydrogen (secondary N) is 1. The molecule has 0 aliphatic carbocycles. The highest BCUT2D eigenvalue weighted by Gasteiger charge is 2.14. The van der Waals surface area contributed by atoms with Gasteiger partial charge in [0, 0.05) is 10.7 Å². The van der Waals surface area contributed by atoms with E-state index in [1.165, 1.54) is 24.3 Å². The van der Waals surface area contributed by atoms with Crippen molar-refractivity contribution in [1.82, 2.24) is 4.98 Å². The standard InChI is InChI=1S/C21H12Cl3FN2O3/c22-11-1-5-18(16(24)7-11)29-10-20(28)26-13-3-6-19-17(9-13)27-21(30-19)14-4-2-12(25)8-15(14)23/h1-9H,10H2,(H,26,28). The maximum atomic E-state index is 13.3. The van der Waals surface area contributed by atoms with Crippen LogP contribution in [0, 0.1) is 5.82 Å². The topological polar surface area (TPSA) is 64.4 Å². The summed E-state index contributed by atoms with van der Waals surface area (Å²) in [7, 11) is 0. The van der Waals surface area contributed by atoms with Gasteiger partial charge in [-0.25, -0.2) is 9.37 Å². The first kappa shape index (κ1) is 20.5. The molecule has 4 aromatic rings. The monoisotopic (exact) mass is 464 g/mol. The van der Waals surface area contributed by atoms with Gasteiger partial charge in [0.2, 0.25) is 5.89 Å². The summed E-state index contributed by atoms with van der Waals surface area (Å²) in [5.41, 5.74) is 1.97. The molecule has 0 bridgehead atoms. The fraction of sp³-hybridized carbons (Fsp3) is 0.0476. The summed E-state index contributed by atoms with van der Waals surface area (Å²) in [6, 6.07) is 13.6. The number of anilines is 1. The second kappa shape index (κ2) is 8.52. The van der Waals surface area contributed by atoms with Crippen LogP contribution >= 0.6 is 34.8 Å². The number of aromatic nitrogens is 1. The Morgan fingerprint density at radius 3 is 2.63 bits per heavy atom. The van der Waals surface area contributed by atoms with Crippen molar-refractivity contribution >= 4 is 57.5 Å². The number of carbonyl (C=O) groups is 1. The van der Waals surface area contributed by atoms with Crippen molar-refractivity contribution in [3.05, 3.63) is 75.5 Å². The lowest BCUT2D eigenvalue weighted by molar-refractivity contribution is -0.118. The quantitative estimate of drug-likeness (QED) is 0.360. The Balaban J connectivity index is 1.47. The van der Waals surface area contributed by atoms with Gasteiger partial charge in [0.25, 0.3) is 5.91 Å². The van der Waals surface area contributed by atoms with Crippen molar-refractivity contribution in [2.24, 2.45) is 0 Å². The van der Waals surface area contributed by atoms with Gasteiger partial charge in [0.15, 0.2) is 12.2 Å². The third-order valence-electron chi connectivity index (χ3n) is 4.09. The number of ether oxygens (including phenoxy) is 1. The first-order valence-electron chi connectivity index (χ1n) is 8.63. The molecular formula is C21H12Cl3FN2O3. The molecule has 0 aliphatic heterocycles. The number of amides is 1. The number of hydrogen-bond donors (Lipinski definition) is 1. The van der Waals surface area contributed by atoms with E-state index in [1.54, 1.807) is 30.3 Å². The minimum absolute atomic E-state index is 0.188. The van der Waals surface area contributed by atoms with E-state index in [1.807, 2.05) is 0 Å². The average Bonchev–Trinajstić information content (AvgIpc) is 3.10. The van der Waals surface area contributed by atoms with Crippen LogP contribution in [0.1, 0.15) is 0 Å². The van der Waals surface area contributed by atoms with Crippen LogP contribution in [-0.4, -0.2) is 17.5 Å². The molecule has 9 heteroatoms. The van der Waals surface area contributed by atoms with Crippen molar-refractivity contribution in [2.45, 2.75) is 0 Å². The maximum Gasteiger partial charge on any atom is 0.262 e. The van der Waals surface area contributed by atoms with Gasteiger partial charge in [-0.15, -0.1) is 0 Å². The van der Waals surface area contributed by atoms with Crippen LogP contribution in [0.4, 0.5) is 10.1 Å². The van der Waals surface area contributed by atoms with E-state index in [0.717, 1.165) is 0 Å². The highest BCUT2D eigenvalue weighted by atomic mass is 35.5. The number of oxazole rings is 1. The van der Waals surface area contributed by atoms with Crippen molar-refractivity contribution in [3.63, 3.8) is 0 Å². The zero-order chi connectivity index (χ0) is 21.3. The molecule has 0 unspecified atom stereocenters. The van der Waals surface area contributed by atoms with Crippen molar-refractivity contribution < 1.29 is 18.3 Å². The Hall–Kier alpha value is -2.80. The predicted molar refractivity (Wildman–Crippen MR) is 115 cm³/mol. The minimum Gasteiger partial charge on any atom is -0.482 e. The van der Waals surface area contributed by atoms with Crippen LogP contribution in [0.2, 0.25) is 15.1 Å². The zero-order valence-corrected chi connectivity index (χ0v) is 17.4. The van der Waals surface area contributed by atoms with E-state index >= 15 is 0 Å². The van der Waals surface area contributed by atoms with Gasteiger partial charge in [0.05, 0.1) is 15.6 Å². The summed E-state index contributed by atoms with van der Waals surface area (Å²) in [6.45, 7) is -0.241. The molecule has 1 N–H and O–H groups in total. The second-order valence-corrected chi connectivity index (χ2v) is 7.49. The highest BCUT2D eigenvalue weighted by Crippen LogP contribution is 2.31. The summed E-state index contributed by atoms with van der Waals surface area (Å²) in [5.74, 6) is -0.235. The molecule has 1 aromatic heterocycles. The molecule has 152 valence electrons. The number of nitrogens with zero attached hydrogens (tertiary/aromatic N) is 1. The van der Waals surface area contributed by atoms with Crippen LogP contribution in [-0.2, 0) is 4.79 Å². The van der Waals surface area contributed by atoms with Gasteiger partial charge in [-0.1, -0.05) is 34.8 Å². The first-order valence-corrected chi connectivity index (χ1v) is 9.76. The lowest BCUT2D eigenvalue weighted by Gasteiger charge is -2.09. The Bertz CT molecular complexity index is 1260. The lowest BCUT2D eigenvalue weighted by atomic mass is 10.2. The SMILES string of the molecule is O=C(COc1ccc(Cl)cc1Cl)Nc1ccc2oc(-c3ccc(F)cc3Cl)nc2c1. The lowest BCUT2D eigenvalue weighted by Crippen LogP contribution is -2.20. The number of hydrogen-bond acceptors (Lipinski definition) is 4. The van der Waals surface area contributed by atoms with Gasteiger partial charge in [0.1, 0.15) is 17.1 Å². The second-order valence-electron chi connectivity index (χ2n) is 6.24. The normalized spacial score (nSPS) is 10.9. The minimum atomic E-state index is -0.452. The van der Waals surface area contributed by atoms with Gasteiger partial charge < -0.3 is 14.5 Å². The Morgan fingerprint density at radius 2 is 1.87 bits per heavy atom. The molecular weight excluding hydrogens is 454 g/mol. The summed E-state index contributed by atoms with van der Waals surface area (Å²) in [4.78, 5) is 16.6. The molecule has 0 radical (unpaired) electrons.